The first-order chi connectivity index (χ1) is 9.70. The molecule has 2 heterocycles. The molecule has 102 valence electrons. The maximum atomic E-state index is 5.91. The van der Waals surface area contributed by atoms with Crippen LogP contribution in [0.3, 0.4) is 0 Å². The van der Waals surface area contributed by atoms with E-state index in [1.165, 1.54) is 11.1 Å². The van der Waals surface area contributed by atoms with E-state index in [9.17, 15) is 0 Å². The summed E-state index contributed by atoms with van der Waals surface area (Å²) >= 11 is 5.91. The van der Waals surface area contributed by atoms with Gasteiger partial charge in [-0.1, -0.05) is 6.07 Å². The average Bonchev–Trinajstić information content (AvgIpc) is 2.80. The lowest BCUT2D eigenvalue weighted by atomic mass is 10.1. The Hall–Kier alpha value is -1.87. The Morgan fingerprint density at radius 2 is 2.00 bits per heavy atom. The summed E-state index contributed by atoms with van der Waals surface area (Å²) in [6.45, 7) is 4.23. The van der Waals surface area contributed by atoms with Gasteiger partial charge in [-0.2, -0.15) is 0 Å². The number of benzene rings is 1. The van der Waals surface area contributed by atoms with Gasteiger partial charge in [-0.3, -0.25) is 4.57 Å². The van der Waals surface area contributed by atoms with E-state index in [2.05, 4.69) is 46.6 Å². The molecule has 4 heteroatoms. The number of pyridine rings is 1. The normalized spacial score (nSPS) is 11.2. The lowest BCUT2D eigenvalue weighted by Gasteiger charge is -2.10. The van der Waals surface area contributed by atoms with E-state index in [1.54, 1.807) is 6.20 Å². The molecule has 3 nitrogen and oxygen atoms in total. The molecule has 0 amide bonds. The van der Waals surface area contributed by atoms with Crippen molar-refractivity contribution in [1.29, 1.82) is 0 Å². The summed E-state index contributed by atoms with van der Waals surface area (Å²) in [5, 5.41) is 0. The maximum absolute atomic E-state index is 5.91. The van der Waals surface area contributed by atoms with E-state index in [4.69, 9.17) is 11.6 Å². The van der Waals surface area contributed by atoms with Gasteiger partial charge >= 0.3 is 0 Å². The molecule has 0 radical (unpaired) electrons. The lowest BCUT2D eigenvalue weighted by molar-refractivity contribution is 0.904. The SMILES string of the molecule is Cc1ccc(-n2c(CCCl)nc3cccnc32)cc1C. The van der Waals surface area contributed by atoms with Gasteiger partial charge in [0.1, 0.15) is 11.3 Å². The quantitative estimate of drug-likeness (QED) is 0.685. The monoisotopic (exact) mass is 285 g/mol. The molecule has 1 aromatic carbocycles. The van der Waals surface area contributed by atoms with Crippen molar-refractivity contribution in [2.75, 3.05) is 5.88 Å². The zero-order valence-corrected chi connectivity index (χ0v) is 12.4. The Labute approximate surface area is 123 Å². The number of aryl methyl sites for hydroxylation is 3. The van der Waals surface area contributed by atoms with Crippen molar-refractivity contribution >= 4 is 22.8 Å². The van der Waals surface area contributed by atoms with Crippen molar-refractivity contribution < 1.29 is 0 Å². The Balaban J connectivity index is 2.26. The zero-order chi connectivity index (χ0) is 14.1. The molecule has 0 aliphatic heterocycles. The molecule has 0 saturated heterocycles. The van der Waals surface area contributed by atoms with Crippen molar-refractivity contribution in [2.45, 2.75) is 20.3 Å². The maximum Gasteiger partial charge on any atom is 0.164 e. The molecule has 20 heavy (non-hydrogen) atoms. The number of alkyl halides is 1. The highest BCUT2D eigenvalue weighted by atomic mass is 35.5. The molecule has 0 aliphatic carbocycles. The van der Waals surface area contributed by atoms with E-state index in [0.29, 0.717) is 5.88 Å². The van der Waals surface area contributed by atoms with Gasteiger partial charge in [0.15, 0.2) is 5.65 Å². The number of hydrogen-bond acceptors (Lipinski definition) is 2. The second kappa shape index (κ2) is 5.25. The van der Waals surface area contributed by atoms with E-state index in [1.807, 2.05) is 12.1 Å². The lowest BCUT2D eigenvalue weighted by Crippen LogP contribution is -2.03. The van der Waals surface area contributed by atoms with Crippen LogP contribution in [-0.4, -0.2) is 20.4 Å². The van der Waals surface area contributed by atoms with Crippen LogP contribution >= 0.6 is 11.6 Å². The molecule has 3 aromatic rings. The highest BCUT2D eigenvalue weighted by Crippen LogP contribution is 2.22. The summed E-state index contributed by atoms with van der Waals surface area (Å²) in [5.41, 5.74) is 5.43. The van der Waals surface area contributed by atoms with E-state index in [0.717, 1.165) is 29.1 Å². The topological polar surface area (TPSA) is 30.7 Å². The molecule has 0 aliphatic rings. The van der Waals surface area contributed by atoms with Crippen LogP contribution in [-0.2, 0) is 6.42 Å². The smallest absolute Gasteiger partial charge is 0.164 e. The molecule has 0 N–H and O–H groups in total. The molecule has 0 bridgehead atoms. The first-order valence-corrected chi connectivity index (χ1v) is 7.20. The molecule has 0 unspecified atom stereocenters. The fourth-order valence-electron chi connectivity index (χ4n) is 2.35. The Morgan fingerprint density at radius 3 is 2.75 bits per heavy atom. The summed E-state index contributed by atoms with van der Waals surface area (Å²) in [5.74, 6) is 1.51. The molecule has 0 saturated carbocycles. The van der Waals surface area contributed by atoms with Gasteiger partial charge in [-0.25, -0.2) is 9.97 Å². The zero-order valence-electron chi connectivity index (χ0n) is 11.6. The standard InChI is InChI=1S/C16H16ClN3/c1-11-5-6-13(10-12(11)2)20-15(7-8-17)19-14-4-3-9-18-16(14)20/h3-6,9-10H,7-8H2,1-2H3. The first kappa shape index (κ1) is 13.1. The third kappa shape index (κ3) is 2.18. The third-order valence-corrected chi connectivity index (χ3v) is 3.74. The molecular formula is C16H16ClN3. The number of nitrogens with zero attached hydrogens (tertiary/aromatic N) is 3. The number of halogens is 1. The first-order valence-electron chi connectivity index (χ1n) is 6.66. The van der Waals surface area contributed by atoms with Gasteiger partial charge in [0, 0.05) is 24.2 Å². The van der Waals surface area contributed by atoms with Gasteiger partial charge in [-0.15, -0.1) is 11.6 Å². The molecule has 2 aromatic heterocycles. The van der Waals surface area contributed by atoms with E-state index >= 15 is 0 Å². The fraction of sp³-hybridized carbons (Fsp3) is 0.250. The fourth-order valence-corrected chi connectivity index (χ4v) is 2.52. The Morgan fingerprint density at radius 1 is 1.15 bits per heavy atom. The van der Waals surface area contributed by atoms with Crippen LogP contribution in [0.25, 0.3) is 16.9 Å². The third-order valence-electron chi connectivity index (χ3n) is 3.55. The predicted molar refractivity (Wildman–Crippen MR) is 82.8 cm³/mol. The number of rotatable bonds is 3. The summed E-state index contributed by atoms with van der Waals surface area (Å²) < 4.78 is 2.10. The Kier molecular flexibility index (Phi) is 3.45. The van der Waals surface area contributed by atoms with Gasteiger partial charge in [-0.05, 0) is 49.2 Å². The van der Waals surface area contributed by atoms with E-state index in [-0.39, 0.29) is 0 Å². The van der Waals surface area contributed by atoms with Crippen molar-refractivity contribution in [3.8, 4) is 5.69 Å². The van der Waals surface area contributed by atoms with Crippen molar-refractivity contribution in [3.63, 3.8) is 0 Å². The Bertz CT molecular complexity index is 762. The number of fused-ring (bicyclic) bond motifs is 1. The summed E-state index contributed by atoms with van der Waals surface area (Å²) in [6, 6.07) is 10.3. The second-order valence-electron chi connectivity index (χ2n) is 4.92. The van der Waals surface area contributed by atoms with Crippen LogP contribution < -0.4 is 0 Å². The number of hydrogen-bond donors (Lipinski definition) is 0. The molecule has 0 fully saturated rings. The number of aromatic nitrogens is 3. The van der Waals surface area contributed by atoms with Crippen molar-refractivity contribution in [1.82, 2.24) is 14.5 Å². The predicted octanol–water partition coefficient (Wildman–Crippen LogP) is 3.82. The van der Waals surface area contributed by atoms with Crippen molar-refractivity contribution in [3.05, 3.63) is 53.5 Å². The van der Waals surface area contributed by atoms with Crippen LogP contribution in [0.1, 0.15) is 17.0 Å². The largest absolute Gasteiger partial charge is 0.281 e. The van der Waals surface area contributed by atoms with Gasteiger partial charge in [0.05, 0.1) is 0 Å². The molecule has 0 atom stereocenters. The van der Waals surface area contributed by atoms with Gasteiger partial charge in [0.25, 0.3) is 0 Å². The van der Waals surface area contributed by atoms with Crippen molar-refractivity contribution in [2.24, 2.45) is 0 Å². The summed E-state index contributed by atoms with van der Waals surface area (Å²) in [6.07, 6.45) is 2.52. The summed E-state index contributed by atoms with van der Waals surface area (Å²) in [7, 11) is 0. The minimum Gasteiger partial charge on any atom is -0.281 e. The summed E-state index contributed by atoms with van der Waals surface area (Å²) in [4.78, 5) is 9.12. The highest BCUT2D eigenvalue weighted by Gasteiger charge is 2.13. The average molecular weight is 286 g/mol. The minimum absolute atomic E-state index is 0.550. The van der Waals surface area contributed by atoms with Gasteiger partial charge in [0.2, 0.25) is 0 Å². The van der Waals surface area contributed by atoms with Crippen LogP contribution in [0.5, 0.6) is 0 Å². The minimum atomic E-state index is 0.550. The second-order valence-corrected chi connectivity index (χ2v) is 5.30. The van der Waals surface area contributed by atoms with E-state index < -0.39 is 0 Å². The number of imidazole rings is 1. The van der Waals surface area contributed by atoms with Crippen LogP contribution in [0.15, 0.2) is 36.5 Å². The molecular weight excluding hydrogens is 270 g/mol. The van der Waals surface area contributed by atoms with Crippen LogP contribution in [0, 0.1) is 13.8 Å². The molecule has 3 rings (SSSR count). The molecule has 0 spiro atoms. The van der Waals surface area contributed by atoms with Gasteiger partial charge < -0.3 is 0 Å². The van der Waals surface area contributed by atoms with Crippen LogP contribution in [0.4, 0.5) is 0 Å². The van der Waals surface area contributed by atoms with Crippen LogP contribution in [0.2, 0.25) is 0 Å². The highest BCUT2D eigenvalue weighted by molar-refractivity contribution is 6.17.